The van der Waals surface area contributed by atoms with Gasteiger partial charge in [-0.25, -0.2) is 9.97 Å². The number of halogens is 1. The van der Waals surface area contributed by atoms with Crippen LogP contribution in [0.25, 0.3) is 11.0 Å². The highest BCUT2D eigenvalue weighted by molar-refractivity contribution is 8.00. The van der Waals surface area contributed by atoms with Gasteiger partial charge in [0.15, 0.2) is 0 Å². The number of hydrogen-bond donors (Lipinski definition) is 3. The molecule has 5 heterocycles. The molecule has 0 bridgehead atoms. The molecule has 3 aromatic heterocycles. The molecule has 0 spiro atoms. The second kappa shape index (κ2) is 11.4. The van der Waals surface area contributed by atoms with E-state index in [4.69, 9.17) is 4.74 Å². The zero-order chi connectivity index (χ0) is 24.4. The van der Waals surface area contributed by atoms with Crippen molar-refractivity contribution < 1.29 is 19.4 Å². The van der Waals surface area contributed by atoms with Gasteiger partial charge in [0.25, 0.3) is 0 Å². The van der Waals surface area contributed by atoms with E-state index >= 15 is 0 Å². The number of methoxy groups -OCH3 is 1. The number of nitrogens with one attached hydrogen (secondary N) is 2. The fraction of sp³-hybridized carbons (Fsp3) is 0.375. The number of aliphatic hydroxyl groups is 1. The van der Waals surface area contributed by atoms with E-state index in [1.54, 1.807) is 37.7 Å². The zero-order valence-corrected chi connectivity index (χ0v) is 21.3. The van der Waals surface area contributed by atoms with Crippen molar-refractivity contribution in [3.05, 3.63) is 42.2 Å². The Hall–Kier alpha value is -2.99. The van der Waals surface area contributed by atoms with Gasteiger partial charge < -0.3 is 25.4 Å². The topological polar surface area (TPSA) is 130 Å². The maximum Gasteiger partial charge on any atom is 0.234 e. The highest BCUT2D eigenvalue weighted by Crippen LogP contribution is 2.32. The number of amides is 2. The molecule has 0 unspecified atom stereocenters. The molecule has 3 N–H and O–H groups in total. The van der Waals surface area contributed by atoms with Gasteiger partial charge in [-0.15, -0.1) is 12.4 Å². The van der Waals surface area contributed by atoms with Crippen molar-refractivity contribution in [3.8, 4) is 5.88 Å². The number of thioether (sulfide) groups is 1. The molecular weight excluding hydrogens is 504 g/mol. The predicted molar refractivity (Wildman–Crippen MR) is 140 cm³/mol. The lowest BCUT2D eigenvalue weighted by molar-refractivity contribution is -0.121. The van der Waals surface area contributed by atoms with E-state index in [9.17, 15) is 14.7 Å². The average molecular weight is 531 g/mol. The summed E-state index contributed by atoms with van der Waals surface area (Å²) in [6.07, 6.45) is 3.96. The van der Waals surface area contributed by atoms with Gasteiger partial charge in [-0.2, -0.15) is 0 Å². The lowest BCUT2D eigenvalue weighted by Crippen LogP contribution is -2.40. The number of piperidine rings is 1. The molecule has 3 aromatic rings. The smallest absolute Gasteiger partial charge is 0.234 e. The van der Waals surface area contributed by atoms with Crippen LogP contribution in [0.15, 0.2) is 41.7 Å². The Bertz CT molecular complexity index is 1270. The SMILES string of the molecule is COc1ccc2nccc(NC(=O)C3CCN(C[C@@H](O)c4cnc5c(c4)NC(=O)CS5)CC3)c2n1.Cl. The van der Waals surface area contributed by atoms with Crippen LogP contribution < -0.4 is 15.4 Å². The van der Waals surface area contributed by atoms with Crippen LogP contribution in [0.1, 0.15) is 24.5 Å². The Kier molecular flexibility index (Phi) is 8.24. The number of hydrogen-bond acceptors (Lipinski definition) is 9. The van der Waals surface area contributed by atoms with Crippen molar-refractivity contribution in [1.29, 1.82) is 0 Å². The third kappa shape index (κ3) is 5.70. The minimum atomic E-state index is -0.730. The van der Waals surface area contributed by atoms with Crippen molar-refractivity contribution in [3.63, 3.8) is 0 Å². The van der Waals surface area contributed by atoms with Gasteiger partial charge in [-0.05, 0) is 44.1 Å². The number of aliphatic hydroxyl groups excluding tert-OH is 1. The second-order valence-corrected chi connectivity index (χ2v) is 9.58. The van der Waals surface area contributed by atoms with Crippen molar-refractivity contribution in [2.75, 3.05) is 43.1 Å². The molecule has 5 rings (SSSR count). The summed E-state index contributed by atoms with van der Waals surface area (Å²) < 4.78 is 5.21. The quantitative estimate of drug-likeness (QED) is 0.440. The normalized spacial score (nSPS) is 17.0. The van der Waals surface area contributed by atoms with Crippen molar-refractivity contribution in [2.45, 2.75) is 24.0 Å². The first-order valence-corrected chi connectivity index (χ1v) is 12.4. The van der Waals surface area contributed by atoms with Crippen LogP contribution >= 0.6 is 24.2 Å². The first-order valence-electron chi connectivity index (χ1n) is 11.4. The molecule has 1 atom stereocenters. The third-order valence-electron chi connectivity index (χ3n) is 6.29. The Morgan fingerprint density at radius 2 is 2.11 bits per heavy atom. The van der Waals surface area contributed by atoms with Crippen LogP contribution in [0.3, 0.4) is 0 Å². The minimum absolute atomic E-state index is 0. The minimum Gasteiger partial charge on any atom is -0.481 e. The molecule has 2 aliphatic heterocycles. The number of β-amino-alcohol motifs (C(OH)–C–C–N with tert-alkyl or cyclic N) is 1. The summed E-state index contributed by atoms with van der Waals surface area (Å²) in [5, 5.41) is 17.3. The van der Waals surface area contributed by atoms with E-state index in [2.05, 4.69) is 30.5 Å². The Morgan fingerprint density at radius 3 is 2.89 bits per heavy atom. The highest BCUT2D eigenvalue weighted by atomic mass is 35.5. The third-order valence-corrected chi connectivity index (χ3v) is 7.29. The van der Waals surface area contributed by atoms with Gasteiger partial charge in [0.2, 0.25) is 17.7 Å². The van der Waals surface area contributed by atoms with Gasteiger partial charge in [0.1, 0.15) is 10.5 Å². The number of ether oxygens (including phenoxy) is 1. The highest BCUT2D eigenvalue weighted by Gasteiger charge is 2.27. The molecule has 36 heavy (non-hydrogen) atoms. The van der Waals surface area contributed by atoms with Crippen LogP contribution in [0.2, 0.25) is 0 Å². The van der Waals surface area contributed by atoms with Gasteiger partial charge >= 0.3 is 0 Å². The maximum absolute atomic E-state index is 13.0. The molecule has 1 saturated heterocycles. The Morgan fingerprint density at radius 1 is 1.31 bits per heavy atom. The molecule has 10 nitrogen and oxygen atoms in total. The molecule has 2 aliphatic rings. The number of aromatic nitrogens is 3. The standard InChI is InChI=1S/C24H26N6O4S.ClH/c1-34-21-3-2-16-22(29-21)17(4-7-25-16)28-23(33)14-5-8-30(9-6-14)12-19(31)15-10-18-24(26-11-15)35-13-20(32)27-18;/h2-4,7,10-11,14,19,31H,5-6,8-9,12-13H2,1H3,(H,27,32)(H,25,28,33);1H/t19-;/m1./s1. The molecule has 0 saturated carbocycles. The molecule has 1 fully saturated rings. The van der Waals surface area contributed by atoms with Gasteiger partial charge in [0.05, 0.1) is 35.9 Å². The van der Waals surface area contributed by atoms with E-state index in [0.29, 0.717) is 72.1 Å². The summed E-state index contributed by atoms with van der Waals surface area (Å²) in [5.74, 6) is 0.574. The first-order chi connectivity index (χ1) is 17.0. The summed E-state index contributed by atoms with van der Waals surface area (Å²) in [6, 6.07) is 7.08. The number of anilines is 2. The molecule has 0 aromatic carbocycles. The molecule has 12 heteroatoms. The van der Waals surface area contributed by atoms with E-state index < -0.39 is 6.10 Å². The lowest BCUT2D eigenvalue weighted by Gasteiger charge is -2.32. The number of carbonyl (C=O) groups is 2. The van der Waals surface area contributed by atoms with Crippen LogP contribution in [-0.4, -0.2) is 69.3 Å². The maximum atomic E-state index is 13.0. The Labute approximate surface area is 218 Å². The van der Waals surface area contributed by atoms with Gasteiger partial charge in [0, 0.05) is 36.5 Å². The summed E-state index contributed by atoms with van der Waals surface area (Å²) in [7, 11) is 1.55. The average Bonchev–Trinajstić information content (AvgIpc) is 2.88. The van der Waals surface area contributed by atoms with Crippen LogP contribution in [0, 0.1) is 5.92 Å². The fourth-order valence-electron chi connectivity index (χ4n) is 4.36. The summed E-state index contributed by atoms with van der Waals surface area (Å²) in [5.41, 5.74) is 3.20. The second-order valence-electron chi connectivity index (χ2n) is 8.62. The summed E-state index contributed by atoms with van der Waals surface area (Å²) in [6.45, 7) is 1.83. The number of fused-ring (bicyclic) bond motifs is 2. The van der Waals surface area contributed by atoms with Crippen molar-refractivity contribution in [2.24, 2.45) is 5.92 Å². The summed E-state index contributed by atoms with van der Waals surface area (Å²) in [4.78, 5) is 39.9. The molecule has 2 amide bonds. The molecular formula is C24H27ClN6O4S. The number of likely N-dealkylation sites (tertiary alicyclic amines) is 1. The van der Waals surface area contributed by atoms with E-state index in [0.717, 1.165) is 5.03 Å². The predicted octanol–water partition coefficient (Wildman–Crippen LogP) is 2.88. The Balaban J connectivity index is 0.00000304. The number of rotatable bonds is 6. The van der Waals surface area contributed by atoms with Crippen LogP contribution in [0.5, 0.6) is 5.88 Å². The largest absolute Gasteiger partial charge is 0.481 e. The molecule has 190 valence electrons. The van der Waals surface area contributed by atoms with Gasteiger partial charge in [-0.1, -0.05) is 11.8 Å². The molecule has 0 radical (unpaired) electrons. The van der Waals surface area contributed by atoms with E-state index in [1.807, 2.05) is 6.07 Å². The first kappa shape index (κ1) is 26.1. The van der Waals surface area contributed by atoms with E-state index in [1.165, 1.54) is 11.8 Å². The molecule has 0 aliphatic carbocycles. The van der Waals surface area contributed by atoms with Crippen LogP contribution in [-0.2, 0) is 9.59 Å². The summed E-state index contributed by atoms with van der Waals surface area (Å²) >= 11 is 1.39. The number of pyridine rings is 3. The fourth-order valence-corrected chi connectivity index (χ4v) is 5.09. The van der Waals surface area contributed by atoms with Gasteiger partial charge in [-0.3, -0.25) is 14.6 Å². The lowest BCUT2D eigenvalue weighted by atomic mass is 9.95. The van der Waals surface area contributed by atoms with Crippen molar-refractivity contribution in [1.82, 2.24) is 19.9 Å². The monoisotopic (exact) mass is 530 g/mol. The van der Waals surface area contributed by atoms with Crippen LogP contribution in [0.4, 0.5) is 11.4 Å². The number of carbonyl (C=O) groups excluding carboxylic acids is 2. The van der Waals surface area contributed by atoms with E-state index in [-0.39, 0.29) is 30.1 Å². The number of nitrogens with zero attached hydrogens (tertiary/aromatic N) is 4. The van der Waals surface area contributed by atoms with Crippen molar-refractivity contribution >= 4 is 58.4 Å². The zero-order valence-electron chi connectivity index (χ0n) is 19.6.